The monoisotopic (exact) mass is 406 g/mol. The van der Waals surface area contributed by atoms with Gasteiger partial charge in [-0.2, -0.15) is 0 Å². The maximum Gasteiger partial charge on any atom is 0.244 e. The minimum absolute atomic E-state index is 0.261. The molecule has 1 amide bonds. The number of ether oxygens (including phenoxy) is 2. The Labute approximate surface area is 166 Å². The standard InChI is InChI=1S/C20H26N2O5S/c1-14(16-9-7-6-8-10-16)21-20(23)15(2)22(28(5,24)25)17-11-12-18(26-3)19(13-17)27-4/h6-15H,1-5H3,(H,21,23). The molecule has 0 aliphatic carbocycles. The van der Waals surface area contributed by atoms with E-state index in [1.165, 1.54) is 20.3 Å². The summed E-state index contributed by atoms with van der Waals surface area (Å²) in [5.41, 5.74) is 1.25. The smallest absolute Gasteiger partial charge is 0.244 e. The average molecular weight is 407 g/mol. The van der Waals surface area contributed by atoms with Gasteiger partial charge in [0.1, 0.15) is 6.04 Å². The maximum atomic E-state index is 12.8. The molecule has 0 aliphatic rings. The van der Waals surface area contributed by atoms with Crippen LogP contribution in [0.25, 0.3) is 0 Å². The number of sulfonamides is 1. The molecule has 28 heavy (non-hydrogen) atoms. The van der Waals surface area contributed by atoms with Crippen LogP contribution in [0, 0.1) is 0 Å². The molecule has 0 spiro atoms. The zero-order valence-corrected chi connectivity index (χ0v) is 17.5. The number of hydrogen-bond acceptors (Lipinski definition) is 5. The minimum atomic E-state index is -3.73. The van der Waals surface area contributed by atoms with Gasteiger partial charge in [-0.15, -0.1) is 0 Å². The molecule has 152 valence electrons. The van der Waals surface area contributed by atoms with Crippen LogP contribution in [0.2, 0.25) is 0 Å². The van der Waals surface area contributed by atoms with E-state index in [9.17, 15) is 13.2 Å². The molecule has 0 saturated carbocycles. The maximum absolute atomic E-state index is 12.8. The summed E-state index contributed by atoms with van der Waals surface area (Å²) in [6.07, 6.45) is 1.06. The number of nitrogens with one attached hydrogen (secondary N) is 1. The molecule has 0 bridgehead atoms. The van der Waals surface area contributed by atoms with Gasteiger partial charge in [0, 0.05) is 6.07 Å². The van der Waals surface area contributed by atoms with Crippen molar-refractivity contribution in [3.05, 3.63) is 54.1 Å². The fourth-order valence-corrected chi connectivity index (χ4v) is 4.10. The Kier molecular flexibility index (Phi) is 6.90. The topological polar surface area (TPSA) is 84.9 Å². The van der Waals surface area contributed by atoms with E-state index in [0.717, 1.165) is 16.1 Å². The number of methoxy groups -OCH3 is 2. The number of carbonyl (C=O) groups is 1. The number of hydrogen-bond donors (Lipinski definition) is 1. The lowest BCUT2D eigenvalue weighted by molar-refractivity contribution is -0.122. The highest BCUT2D eigenvalue weighted by atomic mass is 32.2. The van der Waals surface area contributed by atoms with Gasteiger partial charge >= 0.3 is 0 Å². The number of carbonyl (C=O) groups excluding carboxylic acids is 1. The zero-order valence-electron chi connectivity index (χ0n) is 16.7. The summed E-state index contributed by atoms with van der Waals surface area (Å²) in [7, 11) is -0.776. The molecule has 2 aromatic carbocycles. The summed E-state index contributed by atoms with van der Waals surface area (Å²) < 4.78 is 36.4. The Morgan fingerprint density at radius 1 is 1.00 bits per heavy atom. The molecule has 0 saturated heterocycles. The van der Waals surface area contributed by atoms with Crippen molar-refractivity contribution in [2.45, 2.75) is 25.9 Å². The summed E-state index contributed by atoms with van der Waals surface area (Å²) >= 11 is 0. The van der Waals surface area contributed by atoms with E-state index in [1.54, 1.807) is 19.1 Å². The quantitative estimate of drug-likeness (QED) is 0.729. The predicted molar refractivity (Wildman–Crippen MR) is 109 cm³/mol. The van der Waals surface area contributed by atoms with E-state index < -0.39 is 22.0 Å². The average Bonchev–Trinajstić information content (AvgIpc) is 2.67. The van der Waals surface area contributed by atoms with Crippen LogP contribution in [0.4, 0.5) is 5.69 Å². The molecule has 2 unspecified atom stereocenters. The Morgan fingerprint density at radius 2 is 1.61 bits per heavy atom. The van der Waals surface area contributed by atoms with Crippen LogP contribution in [0.1, 0.15) is 25.5 Å². The van der Waals surface area contributed by atoms with Crippen LogP contribution in [0.5, 0.6) is 11.5 Å². The van der Waals surface area contributed by atoms with Crippen molar-refractivity contribution in [3.63, 3.8) is 0 Å². The molecular weight excluding hydrogens is 380 g/mol. The Bertz CT molecular complexity index is 915. The second-order valence-electron chi connectivity index (χ2n) is 6.42. The largest absolute Gasteiger partial charge is 0.493 e. The first-order valence-electron chi connectivity index (χ1n) is 8.75. The van der Waals surface area contributed by atoms with Crippen molar-refractivity contribution in [2.75, 3.05) is 24.8 Å². The number of rotatable bonds is 8. The number of anilines is 1. The normalized spacial score (nSPS) is 13.3. The number of benzene rings is 2. The van der Waals surface area contributed by atoms with Crippen LogP contribution < -0.4 is 19.1 Å². The van der Waals surface area contributed by atoms with Gasteiger partial charge in [-0.25, -0.2) is 8.42 Å². The van der Waals surface area contributed by atoms with Crippen LogP contribution in [-0.2, 0) is 14.8 Å². The van der Waals surface area contributed by atoms with Crippen molar-refractivity contribution in [1.82, 2.24) is 5.32 Å². The van der Waals surface area contributed by atoms with Crippen LogP contribution >= 0.6 is 0 Å². The zero-order chi connectivity index (χ0) is 20.9. The molecule has 7 nitrogen and oxygen atoms in total. The Morgan fingerprint density at radius 3 is 2.14 bits per heavy atom. The highest BCUT2D eigenvalue weighted by Gasteiger charge is 2.30. The molecule has 2 rings (SSSR count). The number of amides is 1. The highest BCUT2D eigenvalue weighted by Crippen LogP contribution is 2.33. The lowest BCUT2D eigenvalue weighted by atomic mass is 10.1. The summed E-state index contributed by atoms with van der Waals surface area (Å²) in [6.45, 7) is 3.39. The Hall–Kier alpha value is -2.74. The van der Waals surface area contributed by atoms with Crippen molar-refractivity contribution >= 4 is 21.6 Å². The van der Waals surface area contributed by atoms with Gasteiger partial charge in [-0.05, 0) is 31.5 Å². The van der Waals surface area contributed by atoms with E-state index in [-0.39, 0.29) is 6.04 Å². The van der Waals surface area contributed by atoms with E-state index in [0.29, 0.717) is 17.2 Å². The van der Waals surface area contributed by atoms with Crippen molar-refractivity contribution in [3.8, 4) is 11.5 Å². The minimum Gasteiger partial charge on any atom is -0.493 e. The molecule has 0 aromatic heterocycles. The second kappa shape index (κ2) is 8.97. The first-order chi connectivity index (χ1) is 13.2. The fourth-order valence-electron chi connectivity index (χ4n) is 2.93. The molecule has 1 N–H and O–H groups in total. The van der Waals surface area contributed by atoms with E-state index in [4.69, 9.17) is 9.47 Å². The molecule has 0 heterocycles. The Balaban J connectivity index is 2.31. The van der Waals surface area contributed by atoms with Gasteiger partial charge in [0.05, 0.1) is 32.2 Å². The van der Waals surface area contributed by atoms with Gasteiger partial charge in [0.15, 0.2) is 11.5 Å². The molecule has 2 aromatic rings. The van der Waals surface area contributed by atoms with E-state index >= 15 is 0 Å². The second-order valence-corrected chi connectivity index (χ2v) is 8.27. The third-order valence-corrected chi connectivity index (χ3v) is 5.61. The van der Waals surface area contributed by atoms with Crippen LogP contribution in [0.3, 0.4) is 0 Å². The first-order valence-corrected chi connectivity index (χ1v) is 10.6. The lowest BCUT2D eigenvalue weighted by Gasteiger charge is -2.29. The van der Waals surface area contributed by atoms with Crippen molar-refractivity contribution in [1.29, 1.82) is 0 Å². The molecule has 8 heteroatoms. The first kappa shape index (κ1) is 21.6. The van der Waals surface area contributed by atoms with Gasteiger partial charge in [-0.1, -0.05) is 30.3 Å². The molecule has 0 aliphatic heterocycles. The predicted octanol–water partition coefficient (Wildman–Crippen LogP) is 2.74. The fraction of sp³-hybridized carbons (Fsp3) is 0.350. The molecule has 0 radical (unpaired) electrons. The van der Waals surface area contributed by atoms with Crippen molar-refractivity contribution in [2.24, 2.45) is 0 Å². The SMILES string of the molecule is COc1ccc(N(C(C)C(=O)NC(C)c2ccccc2)S(C)(=O)=O)cc1OC. The summed E-state index contributed by atoms with van der Waals surface area (Å²) in [5.74, 6) is 0.435. The third kappa shape index (κ3) is 4.95. The van der Waals surface area contributed by atoms with Crippen LogP contribution in [-0.4, -0.2) is 40.8 Å². The highest BCUT2D eigenvalue weighted by molar-refractivity contribution is 7.92. The molecular formula is C20H26N2O5S. The van der Waals surface area contributed by atoms with Gasteiger partial charge in [-0.3, -0.25) is 9.10 Å². The molecule has 0 fully saturated rings. The van der Waals surface area contributed by atoms with E-state index in [2.05, 4.69) is 5.32 Å². The third-order valence-electron chi connectivity index (χ3n) is 4.37. The lowest BCUT2D eigenvalue weighted by Crippen LogP contribution is -2.48. The van der Waals surface area contributed by atoms with Crippen molar-refractivity contribution < 1.29 is 22.7 Å². The molecule has 2 atom stereocenters. The summed E-state index contributed by atoms with van der Waals surface area (Å²) in [6, 6.07) is 12.9. The van der Waals surface area contributed by atoms with Gasteiger partial charge in [0.25, 0.3) is 0 Å². The summed E-state index contributed by atoms with van der Waals surface area (Å²) in [4.78, 5) is 12.8. The van der Waals surface area contributed by atoms with Gasteiger partial charge in [0.2, 0.25) is 15.9 Å². The van der Waals surface area contributed by atoms with Crippen LogP contribution in [0.15, 0.2) is 48.5 Å². The number of nitrogens with zero attached hydrogens (tertiary/aromatic N) is 1. The summed E-state index contributed by atoms with van der Waals surface area (Å²) in [5, 5.41) is 2.87. The van der Waals surface area contributed by atoms with E-state index in [1.807, 2.05) is 37.3 Å². The van der Waals surface area contributed by atoms with Gasteiger partial charge < -0.3 is 14.8 Å².